The Morgan fingerprint density at radius 2 is 1.79 bits per heavy atom. The summed E-state index contributed by atoms with van der Waals surface area (Å²) in [6.07, 6.45) is 9.30. The monoisotopic (exact) mass is 526 g/mol. The molecule has 1 saturated heterocycles. The van der Waals surface area contributed by atoms with E-state index in [9.17, 15) is 9.90 Å². The van der Waals surface area contributed by atoms with E-state index < -0.39 is 12.1 Å². The summed E-state index contributed by atoms with van der Waals surface area (Å²) < 4.78 is 0. The van der Waals surface area contributed by atoms with Gasteiger partial charge in [0.25, 0.3) is 0 Å². The third-order valence-electron chi connectivity index (χ3n) is 8.28. The zero-order chi connectivity index (χ0) is 27.6. The number of amides is 1. The summed E-state index contributed by atoms with van der Waals surface area (Å²) in [5.74, 6) is -0.0420. The highest BCUT2D eigenvalue weighted by atomic mass is 16.3. The first-order valence-electron chi connectivity index (χ1n) is 14.4. The minimum atomic E-state index is -0.668. The summed E-state index contributed by atoms with van der Waals surface area (Å²) in [5, 5.41) is 19.2. The number of nitrogens with one attached hydrogen (secondary N) is 2. The second-order valence-corrected chi connectivity index (χ2v) is 12.2. The number of β-amino-alcohol motifs (C(OH)–C–C–N with tert-alkyl or cyclic N) is 1. The van der Waals surface area contributed by atoms with E-state index in [4.69, 9.17) is 0 Å². The Morgan fingerprint density at radius 3 is 2.46 bits per heavy atom. The van der Waals surface area contributed by atoms with Gasteiger partial charge in [-0.3, -0.25) is 9.78 Å². The largest absolute Gasteiger partial charge is 0.392 e. The van der Waals surface area contributed by atoms with Crippen LogP contribution in [0.4, 0.5) is 5.69 Å². The lowest BCUT2D eigenvalue weighted by Crippen LogP contribution is -2.47. The first-order valence-corrected chi connectivity index (χ1v) is 14.4. The second kappa shape index (κ2) is 11.5. The van der Waals surface area contributed by atoms with Crippen molar-refractivity contribution < 1.29 is 9.90 Å². The van der Waals surface area contributed by atoms with E-state index in [-0.39, 0.29) is 23.4 Å². The summed E-state index contributed by atoms with van der Waals surface area (Å²) in [7, 11) is 0. The molecule has 1 saturated carbocycles. The number of anilines is 1. The number of aromatic nitrogens is 1. The van der Waals surface area contributed by atoms with Crippen molar-refractivity contribution in [3.05, 3.63) is 84.3 Å². The van der Waals surface area contributed by atoms with Gasteiger partial charge in [-0.15, -0.1) is 0 Å². The van der Waals surface area contributed by atoms with Crippen molar-refractivity contribution in [3.8, 4) is 0 Å². The van der Waals surface area contributed by atoms with E-state index in [0.717, 1.165) is 53.4 Å². The lowest BCUT2D eigenvalue weighted by molar-refractivity contribution is -0.123. The van der Waals surface area contributed by atoms with Gasteiger partial charge in [0.2, 0.25) is 5.91 Å². The number of pyridine rings is 1. The zero-order valence-corrected chi connectivity index (χ0v) is 23.5. The molecule has 2 aliphatic rings. The molecule has 3 N–H and O–H groups in total. The SMILES string of the molecule is C=C(C1CC(O)CN1)N(c1ccc(C(C)(C)C)cc1)C(C(=O)NC1CCCCC1)c1cncc2ccccc12. The fourth-order valence-electron chi connectivity index (χ4n) is 6.02. The number of nitrogens with zero attached hydrogens (tertiary/aromatic N) is 2. The van der Waals surface area contributed by atoms with Crippen molar-refractivity contribution in [3.63, 3.8) is 0 Å². The molecule has 1 aliphatic heterocycles. The van der Waals surface area contributed by atoms with Crippen LogP contribution in [0, 0.1) is 0 Å². The Labute approximate surface area is 232 Å². The van der Waals surface area contributed by atoms with Gasteiger partial charge in [0.1, 0.15) is 6.04 Å². The number of carbonyl (C=O) groups excluding carboxylic acids is 1. The van der Waals surface area contributed by atoms with Crippen molar-refractivity contribution in [1.82, 2.24) is 15.6 Å². The Kier molecular flexibility index (Phi) is 8.06. The first-order chi connectivity index (χ1) is 18.7. The number of aliphatic hydroxyl groups excluding tert-OH is 1. The van der Waals surface area contributed by atoms with Crippen molar-refractivity contribution in [2.24, 2.45) is 0 Å². The lowest BCUT2D eigenvalue weighted by Gasteiger charge is -2.38. The average molecular weight is 527 g/mol. The van der Waals surface area contributed by atoms with Crippen LogP contribution in [-0.2, 0) is 10.2 Å². The maximum Gasteiger partial charge on any atom is 0.248 e. The molecule has 0 radical (unpaired) electrons. The van der Waals surface area contributed by atoms with E-state index in [2.05, 4.69) is 78.2 Å². The molecule has 1 aromatic heterocycles. The summed E-state index contributed by atoms with van der Waals surface area (Å²) in [6, 6.07) is 15.9. The molecule has 3 aromatic rings. The first kappa shape index (κ1) is 27.4. The molecule has 6 nitrogen and oxygen atoms in total. The van der Waals surface area contributed by atoms with E-state index >= 15 is 0 Å². The van der Waals surface area contributed by atoms with Crippen LogP contribution in [0.3, 0.4) is 0 Å². The predicted molar refractivity (Wildman–Crippen MR) is 159 cm³/mol. The van der Waals surface area contributed by atoms with Crippen molar-refractivity contribution in [1.29, 1.82) is 0 Å². The molecule has 2 heterocycles. The highest BCUT2D eigenvalue weighted by molar-refractivity contribution is 5.95. The molecular weight excluding hydrogens is 484 g/mol. The number of hydrogen-bond donors (Lipinski definition) is 3. The highest BCUT2D eigenvalue weighted by Crippen LogP contribution is 2.37. The predicted octanol–water partition coefficient (Wildman–Crippen LogP) is 5.77. The quantitative estimate of drug-likeness (QED) is 0.365. The summed E-state index contributed by atoms with van der Waals surface area (Å²) in [4.78, 5) is 21.0. The molecule has 0 bridgehead atoms. The molecule has 3 unspecified atom stereocenters. The molecule has 206 valence electrons. The maximum absolute atomic E-state index is 14.4. The topological polar surface area (TPSA) is 77.5 Å². The summed E-state index contributed by atoms with van der Waals surface area (Å²) >= 11 is 0. The molecule has 1 aliphatic carbocycles. The standard InChI is InChI=1S/C33H42N4O2/c1-22(30-18-27(38)20-35-30)37(26-16-14-24(15-17-26)33(2,3)4)31(32(39)36-25-11-6-5-7-12-25)29-21-34-19-23-10-8-9-13-28(23)29/h8-10,13-17,19,21,25,27,30-31,35,38H,1,5-7,11-12,18,20H2,2-4H3,(H,36,39). The average Bonchev–Trinajstić information content (AvgIpc) is 3.37. The van der Waals surface area contributed by atoms with E-state index in [0.29, 0.717) is 13.0 Å². The number of aliphatic hydroxyl groups is 1. The van der Waals surface area contributed by atoms with Crippen LogP contribution in [0.15, 0.2) is 73.2 Å². The third-order valence-corrected chi connectivity index (χ3v) is 8.28. The molecular formula is C33H42N4O2. The van der Waals surface area contributed by atoms with Gasteiger partial charge >= 0.3 is 0 Å². The minimum Gasteiger partial charge on any atom is -0.392 e. The van der Waals surface area contributed by atoms with Gasteiger partial charge in [0, 0.05) is 53.4 Å². The zero-order valence-electron chi connectivity index (χ0n) is 23.5. The molecule has 2 fully saturated rings. The third kappa shape index (κ3) is 6.02. The van der Waals surface area contributed by atoms with E-state index in [1.54, 1.807) is 0 Å². The molecule has 5 rings (SSSR count). The van der Waals surface area contributed by atoms with Gasteiger partial charge in [-0.25, -0.2) is 0 Å². The fraction of sp³-hybridized carbons (Fsp3) is 0.455. The van der Waals surface area contributed by atoms with Gasteiger partial charge in [0.05, 0.1) is 6.10 Å². The van der Waals surface area contributed by atoms with Crippen LogP contribution in [0.2, 0.25) is 0 Å². The Bertz CT molecular complexity index is 1300. The summed E-state index contributed by atoms with van der Waals surface area (Å²) in [5.41, 5.74) is 3.75. The number of rotatable bonds is 7. The number of benzene rings is 2. The number of carbonyl (C=O) groups is 1. The normalized spacial score (nSPS) is 21.0. The Balaban J connectivity index is 1.64. The fourth-order valence-corrected chi connectivity index (χ4v) is 6.02. The van der Waals surface area contributed by atoms with Crippen LogP contribution in [0.1, 0.15) is 76.5 Å². The van der Waals surface area contributed by atoms with E-state index in [1.165, 1.54) is 12.0 Å². The smallest absolute Gasteiger partial charge is 0.248 e. The second-order valence-electron chi connectivity index (χ2n) is 12.2. The van der Waals surface area contributed by atoms with Crippen molar-refractivity contribution in [2.45, 2.75) is 88.9 Å². The lowest BCUT2D eigenvalue weighted by atomic mass is 9.87. The van der Waals surface area contributed by atoms with Crippen molar-refractivity contribution in [2.75, 3.05) is 11.4 Å². The van der Waals surface area contributed by atoms with E-state index in [1.807, 2.05) is 30.6 Å². The molecule has 3 atom stereocenters. The molecule has 39 heavy (non-hydrogen) atoms. The van der Waals surface area contributed by atoms with Crippen LogP contribution in [-0.4, -0.2) is 40.7 Å². The molecule has 2 aromatic carbocycles. The number of hydrogen-bond acceptors (Lipinski definition) is 5. The van der Waals surface area contributed by atoms with Gasteiger partial charge in [0.15, 0.2) is 0 Å². The van der Waals surface area contributed by atoms with Crippen LogP contribution < -0.4 is 15.5 Å². The van der Waals surface area contributed by atoms with Crippen LogP contribution >= 0.6 is 0 Å². The molecule has 6 heteroatoms. The highest BCUT2D eigenvalue weighted by Gasteiger charge is 2.37. The minimum absolute atomic E-state index is 0.00873. The van der Waals surface area contributed by atoms with Gasteiger partial charge in [-0.05, 0) is 47.8 Å². The molecule has 0 spiro atoms. The Morgan fingerprint density at radius 1 is 1.08 bits per heavy atom. The van der Waals surface area contributed by atoms with Crippen LogP contribution in [0.5, 0.6) is 0 Å². The van der Waals surface area contributed by atoms with Gasteiger partial charge in [-0.1, -0.05) is 83.0 Å². The summed E-state index contributed by atoms with van der Waals surface area (Å²) in [6.45, 7) is 11.6. The molecule has 1 amide bonds. The maximum atomic E-state index is 14.4. The van der Waals surface area contributed by atoms with Gasteiger partial charge < -0.3 is 20.6 Å². The number of fused-ring (bicyclic) bond motifs is 1. The van der Waals surface area contributed by atoms with Crippen molar-refractivity contribution >= 4 is 22.4 Å². The van der Waals surface area contributed by atoms with Gasteiger partial charge in [-0.2, -0.15) is 0 Å². The Hall–Kier alpha value is -3.22. The van der Waals surface area contributed by atoms with Crippen LogP contribution in [0.25, 0.3) is 10.8 Å².